The van der Waals surface area contributed by atoms with Crippen LogP contribution in [0.1, 0.15) is 19.3 Å². The molecule has 0 aromatic carbocycles. The van der Waals surface area contributed by atoms with Gasteiger partial charge in [0.1, 0.15) is 13.6 Å². The van der Waals surface area contributed by atoms with E-state index in [2.05, 4.69) is 15.9 Å². The average Bonchev–Trinajstić information content (AvgIpc) is 3.03. The zero-order valence-corrected chi connectivity index (χ0v) is 16.1. The van der Waals surface area contributed by atoms with Gasteiger partial charge in [0.2, 0.25) is 10.0 Å². The zero-order chi connectivity index (χ0) is 16.3. The first kappa shape index (κ1) is 18.5. The van der Waals surface area contributed by atoms with E-state index < -0.39 is 10.0 Å². The second kappa shape index (κ2) is 7.79. The van der Waals surface area contributed by atoms with E-state index in [1.54, 1.807) is 0 Å². The Morgan fingerprint density at radius 2 is 2.18 bits per heavy atom. The highest BCUT2D eigenvalue weighted by atomic mass is 79.9. The highest BCUT2D eigenvalue weighted by Crippen LogP contribution is 2.44. The molecule has 0 bridgehead atoms. The third kappa shape index (κ3) is 3.96. The van der Waals surface area contributed by atoms with Gasteiger partial charge in [-0.2, -0.15) is 9.57 Å². The van der Waals surface area contributed by atoms with Gasteiger partial charge in [0.15, 0.2) is 0 Å². The van der Waals surface area contributed by atoms with E-state index in [4.69, 9.17) is 33.2 Å². The predicted molar refractivity (Wildman–Crippen MR) is 90.0 cm³/mol. The summed E-state index contributed by atoms with van der Waals surface area (Å²) in [5, 5.41) is 8.77. The molecule has 0 amide bonds. The van der Waals surface area contributed by atoms with Crippen molar-refractivity contribution in [3.63, 3.8) is 0 Å². The molecular weight excluding hydrogens is 435 g/mol. The number of rotatable bonds is 6. The van der Waals surface area contributed by atoms with Crippen molar-refractivity contribution < 1.29 is 13.2 Å². The molecule has 0 aliphatic carbocycles. The maximum Gasteiger partial charge on any atom is 0.246 e. The molecule has 0 radical (unpaired) electrons. The molecular formula is C12H13BrCl2N2O3S2. The van der Waals surface area contributed by atoms with Crippen molar-refractivity contribution in [3.05, 3.63) is 13.1 Å². The van der Waals surface area contributed by atoms with Crippen LogP contribution in [0.2, 0.25) is 8.67 Å². The number of nitriles is 1. The fourth-order valence-electron chi connectivity index (χ4n) is 2.19. The summed E-state index contributed by atoms with van der Waals surface area (Å²) in [5.41, 5.74) is 0. The molecule has 122 valence electrons. The highest BCUT2D eigenvalue weighted by molar-refractivity contribution is 9.10. The lowest BCUT2D eigenvalue weighted by Crippen LogP contribution is -2.38. The van der Waals surface area contributed by atoms with E-state index in [0.29, 0.717) is 6.61 Å². The monoisotopic (exact) mass is 446 g/mol. The number of ether oxygens (including phenoxy) is 1. The summed E-state index contributed by atoms with van der Waals surface area (Å²) in [5.74, 6) is 0. The molecule has 0 N–H and O–H groups in total. The maximum atomic E-state index is 12.9. The lowest BCUT2D eigenvalue weighted by Gasteiger charge is -2.24. The van der Waals surface area contributed by atoms with Crippen LogP contribution in [0.4, 0.5) is 0 Å². The van der Waals surface area contributed by atoms with Gasteiger partial charge < -0.3 is 4.74 Å². The number of hydrogen-bond donors (Lipinski definition) is 0. The summed E-state index contributed by atoms with van der Waals surface area (Å²) in [6.07, 6.45) is 1.66. The minimum absolute atomic E-state index is 0.0416. The number of halogens is 3. The van der Waals surface area contributed by atoms with Crippen molar-refractivity contribution in [1.29, 1.82) is 5.26 Å². The summed E-state index contributed by atoms with van der Waals surface area (Å²) in [6.45, 7) is 0.931. The van der Waals surface area contributed by atoms with E-state index in [9.17, 15) is 8.42 Å². The van der Waals surface area contributed by atoms with Crippen LogP contribution >= 0.6 is 50.5 Å². The Kier molecular flexibility index (Phi) is 6.54. The zero-order valence-electron chi connectivity index (χ0n) is 11.4. The quantitative estimate of drug-likeness (QED) is 0.662. The van der Waals surface area contributed by atoms with Crippen LogP contribution in [0.5, 0.6) is 0 Å². The summed E-state index contributed by atoms with van der Waals surface area (Å²) in [4.78, 5) is -0.0416. The van der Waals surface area contributed by atoms with Crippen LogP contribution in [-0.2, 0) is 14.8 Å². The first-order valence-electron chi connectivity index (χ1n) is 6.50. The van der Waals surface area contributed by atoms with Crippen molar-refractivity contribution in [2.24, 2.45) is 0 Å². The number of thiophene rings is 1. The minimum atomic E-state index is -3.85. The first-order valence-corrected chi connectivity index (χ1v) is 10.3. The Morgan fingerprint density at radius 1 is 1.45 bits per heavy atom. The Labute approximate surface area is 151 Å². The molecule has 2 heterocycles. The summed E-state index contributed by atoms with van der Waals surface area (Å²) < 4.78 is 33.1. The number of nitrogens with zero attached hydrogens (tertiary/aromatic N) is 2. The average molecular weight is 448 g/mol. The van der Waals surface area contributed by atoms with Gasteiger partial charge in [0.05, 0.1) is 16.6 Å². The van der Waals surface area contributed by atoms with Gasteiger partial charge in [-0.05, 0) is 28.8 Å². The van der Waals surface area contributed by atoms with Crippen LogP contribution in [-0.4, -0.2) is 38.5 Å². The van der Waals surface area contributed by atoms with Gasteiger partial charge in [0, 0.05) is 26.1 Å². The van der Waals surface area contributed by atoms with Crippen LogP contribution in [0.25, 0.3) is 0 Å². The third-order valence-electron chi connectivity index (χ3n) is 3.23. The van der Waals surface area contributed by atoms with Crippen molar-refractivity contribution >= 4 is 60.5 Å². The molecule has 2 rings (SSSR count). The molecule has 10 heteroatoms. The maximum absolute atomic E-state index is 12.9. The van der Waals surface area contributed by atoms with Crippen LogP contribution in [0.3, 0.4) is 0 Å². The van der Waals surface area contributed by atoms with Crippen molar-refractivity contribution in [1.82, 2.24) is 4.31 Å². The molecule has 1 aromatic rings. The molecule has 0 saturated carbocycles. The van der Waals surface area contributed by atoms with Gasteiger partial charge in [-0.1, -0.05) is 23.2 Å². The van der Waals surface area contributed by atoms with Gasteiger partial charge in [-0.15, -0.1) is 11.3 Å². The van der Waals surface area contributed by atoms with Gasteiger partial charge in [-0.25, -0.2) is 8.42 Å². The van der Waals surface area contributed by atoms with E-state index >= 15 is 0 Å². The SMILES string of the molecule is N#CCCN(CC1CCCO1)S(=O)(=O)c1c(Cl)sc(Cl)c1Br. The van der Waals surface area contributed by atoms with E-state index in [1.165, 1.54) is 4.31 Å². The largest absolute Gasteiger partial charge is 0.377 e. The number of hydrogen-bond acceptors (Lipinski definition) is 5. The van der Waals surface area contributed by atoms with Crippen molar-refractivity contribution in [2.75, 3.05) is 19.7 Å². The Balaban J connectivity index is 2.33. The van der Waals surface area contributed by atoms with Crippen LogP contribution in [0, 0.1) is 11.3 Å². The number of sulfonamides is 1. The topological polar surface area (TPSA) is 70.4 Å². The third-order valence-corrected chi connectivity index (χ3v) is 8.56. The van der Waals surface area contributed by atoms with Crippen LogP contribution in [0.15, 0.2) is 9.37 Å². The Morgan fingerprint density at radius 3 is 2.68 bits per heavy atom. The van der Waals surface area contributed by atoms with E-state index in [1.807, 2.05) is 6.07 Å². The predicted octanol–water partition coefficient (Wildman–Crippen LogP) is 3.90. The summed E-state index contributed by atoms with van der Waals surface area (Å²) >= 11 is 16.1. The van der Waals surface area contributed by atoms with E-state index in [0.717, 1.165) is 24.2 Å². The lowest BCUT2D eigenvalue weighted by molar-refractivity contribution is 0.0941. The summed E-state index contributed by atoms with van der Waals surface area (Å²) in [6, 6.07) is 1.97. The molecule has 1 aliphatic rings. The molecule has 1 atom stereocenters. The highest BCUT2D eigenvalue weighted by Gasteiger charge is 2.34. The molecule has 0 spiro atoms. The molecule has 1 aliphatic heterocycles. The molecule has 1 saturated heterocycles. The van der Waals surface area contributed by atoms with E-state index in [-0.39, 0.29) is 43.7 Å². The van der Waals surface area contributed by atoms with Gasteiger partial charge >= 0.3 is 0 Å². The van der Waals surface area contributed by atoms with Crippen LogP contribution < -0.4 is 0 Å². The fourth-order valence-corrected chi connectivity index (χ4v) is 7.14. The van der Waals surface area contributed by atoms with Gasteiger partial charge in [0.25, 0.3) is 0 Å². The molecule has 5 nitrogen and oxygen atoms in total. The Bertz CT molecular complexity index is 681. The molecule has 1 unspecified atom stereocenters. The second-order valence-electron chi connectivity index (χ2n) is 4.70. The van der Waals surface area contributed by atoms with Crippen molar-refractivity contribution in [2.45, 2.75) is 30.3 Å². The standard InChI is InChI=1S/C12H13BrCl2N2O3S2/c13-9-10(12(15)21-11(9)14)22(18,19)17(5-2-4-16)7-8-3-1-6-20-8/h8H,1-3,5-7H2. The lowest BCUT2D eigenvalue weighted by atomic mass is 10.2. The first-order chi connectivity index (χ1) is 10.4. The Hall–Kier alpha value is 0.120. The fraction of sp³-hybridized carbons (Fsp3) is 0.583. The van der Waals surface area contributed by atoms with Crippen molar-refractivity contribution in [3.8, 4) is 6.07 Å². The molecule has 22 heavy (non-hydrogen) atoms. The van der Waals surface area contributed by atoms with Gasteiger partial charge in [-0.3, -0.25) is 0 Å². The molecule has 1 aromatic heterocycles. The molecule has 1 fully saturated rings. The summed E-state index contributed by atoms with van der Waals surface area (Å²) in [7, 11) is -3.85. The minimum Gasteiger partial charge on any atom is -0.377 e. The normalized spacial score (nSPS) is 18.8. The second-order valence-corrected chi connectivity index (χ2v) is 9.59. The smallest absolute Gasteiger partial charge is 0.246 e.